The van der Waals surface area contributed by atoms with Crippen molar-refractivity contribution in [3.8, 4) is 5.88 Å². The van der Waals surface area contributed by atoms with Crippen LogP contribution < -0.4 is 10.1 Å². The average molecular weight is 551 g/mol. The number of carbonyl (C=O) groups is 1. The lowest BCUT2D eigenvalue weighted by atomic mass is 9.99. The number of nitrogens with zero attached hydrogens (tertiary/aromatic N) is 1. The van der Waals surface area contributed by atoms with E-state index in [9.17, 15) is 18.0 Å². The van der Waals surface area contributed by atoms with Crippen LogP contribution in [0.1, 0.15) is 41.4 Å². The van der Waals surface area contributed by atoms with Crippen LogP contribution in [0.25, 0.3) is 10.8 Å². The van der Waals surface area contributed by atoms with Crippen molar-refractivity contribution in [1.29, 1.82) is 0 Å². The van der Waals surface area contributed by atoms with E-state index < -0.39 is 12.3 Å². The molecule has 6 nitrogen and oxygen atoms in total. The predicted molar refractivity (Wildman–Crippen MR) is 143 cm³/mol. The summed E-state index contributed by atoms with van der Waals surface area (Å²) in [7, 11) is 1.00. The van der Waals surface area contributed by atoms with Gasteiger partial charge in [0.05, 0.1) is 13.2 Å². The van der Waals surface area contributed by atoms with Gasteiger partial charge in [0.2, 0.25) is 5.88 Å². The lowest BCUT2D eigenvalue weighted by Crippen LogP contribution is -2.38. The van der Waals surface area contributed by atoms with Crippen molar-refractivity contribution in [3.05, 3.63) is 65.4 Å². The summed E-state index contributed by atoms with van der Waals surface area (Å²) in [5, 5.41) is 11.5. The van der Waals surface area contributed by atoms with Crippen molar-refractivity contribution < 1.29 is 32.5 Å². The van der Waals surface area contributed by atoms with E-state index in [4.69, 9.17) is 14.6 Å². The molecule has 1 amide bonds. The molecule has 0 bridgehead atoms. The molecule has 3 aromatic rings. The van der Waals surface area contributed by atoms with E-state index in [0.717, 1.165) is 34.9 Å². The third kappa shape index (κ3) is 8.09. The molecular weight excluding hydrogens is 517 g/mol. The van der Waals surface area contributed by atoms with Crippen molar-refractivity contribution in [2.24, 2.45) is 5.92 Å². The van der Waals surface area contributed by atoms with Crippen molar-refractivity contribution >= 4 is 28.4 Å². The molecular formula is C28H33F3N2O4S. The van der Waals surface area contributed by atoms with Gasteiger partial charge in [-0.15, -0.1) is 11.8 Å². The smallest absolute Gasteiger partial charge is 0.414 e. The van der Waals surface area contributed by atoms with Crippen molar-refractivity contribution in [2.45, 2.75) is 50.4 Å². The molecule has 206 valence electrons. The Morgan fingerprint density at radius 1 is 1.16 bits per heavy atom. The number of aromatic nitrogens is 1. The van der Waals surface area contributed by atoms with Gasteiger partial charge < -0.3 is 19.9 Å². The molecule has 2 unspecified atom stereocenters. The van der Waals surface area contributed by atoms with Crippen molar-refractivity contribution in [2.75, 3.05) is 26.1 Å². The molecule has 1 saturated heterocycles. The van der Waals surface area contributed by atoms with Gasteiger partial charge >= 0.3 is 6.18 Å². The highest BCUT2D eigenvalue weighted by atomic mass is 32.2. The Hall–Kier alpha value is -2.82. The van der Waals surface area contributed by atoms with Crippen LogP contribution in [0.5, 0.6) is 5.88 Å². The maximum Gasteiger partial charge on any atom is 0.414 e. The Kier molecular flexibility index (Phi) is 10.8. The number of aliphatic hydroxyl groups excluding tert-OH is 1. The fraction of sp³-hybridized carbons (Fsp3) is 0.429. The Morgan fingerprint density at radius 3 is 2.53 bits per heavy atom. The summed E-state index contributed by atoms with van der Waals surface area (Å²) in [5.74, 6) is 1.09. The number of halogens is 3. The first-order valence-corrected chi connectivity index (χ1v) is 13.4. The molecule has 1 fully saturated rings. The number of amides is 1. The molecule has 0 aliphatic carbocycles. The number of pyridine rings is 1. The molecule has 0 radical (unpaired) electrons. The first-order valence-electron chi connectivity index (χ1n) is 12.4. The summed E-state index contributed by atoms with van der Waals surface area (Å²) in [6.45, 7) is 4.58. The number of aryl methyl sites for hydroxylation is 1. The lowest BCUT2D eigenvalue weighted by molar-refractivity contribution is -0.236. The Balaban J connectivity index is 0.00000195. The van der Waals surface area contributed by atoms with E-state index >= 15 is 0 Å². The van der Waals surface area contributed by atoms with E-state index in [1.807, 2.05) is 25.1 Å². The molecule has 1 aromatic heterocycles. The SMILES string of the molecule is CCSc1ccc(CNC(=O)c2ccc3c(OCC4CCC(C(F)(F)F)OC4)nc(C)cc3c2)cc1.CO. The number of nitrogens with one attached hydrogen (secondary N) is 1. The second-order valence-corrected chi connectivity index (χ2v) is 10.2. The van der Waals surface area contributed by atoms with Crippen LogP contribution in [0.2, 0.25) is 0 Å². The van der Waals surface area contributed by atoms with Crippen LogP contribution in [0, 0.1) is 12.8 Å². The summed E-state index contributed by atoms with van der Waals surface area (Å²) in [6, 6.07) is 15.3. The van der Waals surface area contributed by atoms with Gasteiger partial charge in [0, 0.05) is 41.1 Å². The first-order chi connectivity index (χ1) is 18.2. The highest BCUT2D eigenvalue weighted by molar-refractivity contribution is 7.99. The average Bonchev–Trinajstić information content (AvgIpc) is 2.91. The van der Waals surface area contributed by atoms with Crippen LogP contribution in [0.15, 0.2) is 53.4 Å². The fourth-order valence-corrected chi connectivity index (χ4v) is 4.81. The minimum absolute atomic E-state index is 0.00158. The molecule has 10 heteroatoms. The normalized spacial score (nSPS) is 17.4. The van der Waals surface area contributed by atoms with Gasteiger partial charge in [-0.25, -0.2) is 4.98 Å². The molecule has 2 atom stereocenters. The molecule has 0 saturated carbocycles. The van der Waals surface area contributed by atoms with Crippen LogP contribution >= 0.6 is 11.8 Å². The second kappa shape index (κ2) is 13.8. The Morgan fingerprint density at radius 2 is 1.89 bits per heavy atom. The first kappa shape index (κ1) is 29.7. The number of rotatable bonds is 8. The summed E-state index contributed by atoms with van der Waals surface area (Å²) in [4.78, 5) is 18.4. The summed E-state index contributed by atoms with van der Waals surface area (Å²) < 4.78 is 49.3. The number of fused-ring (bicyclic) bond motifs is 1. The monoisotopic (exact) mass is 550 g/mol. The van der Waals surface area contributed by atoms with Gasteiger partial charge in [0.25, 0.3) is 5.91 Å². The summed E-state index contributed by atoms with van der Waals surface area (Å²) in [5.41, 5.74) is 2.27. The quantitative estimate of drug-likeness (QED) is 0.339. The number of thioether (sulfide) groups is 1. The number of ether oxygens (including phenoxy) is 2. The lowest BCUT2D eigenvalue weighted by Gasteiger charge is -2.30. The van der Waals surface area contributed by atoms with Crippen molar-refractivity contribution in [1.82, 2.24) is 10.3 Å². The molecule has 2 heterocycles. The minimum atomic E-state index is -4.33. The summed E-state index contributed by atoms with van der Waals surface area (Å²) in [6.07, 6.45) is -5.73. The maximum atomic E-state index is 12.8. The van der Waals surface area contributed by atoms with Crippen LogP contribution in [0.4, 0.5) is 13.2 Å². The standard InChI is InChI=1S/C27H29F3N2O3S.CH4O/c1-3-36-22-8-4-18(5-9-22)14-31-25(33)20-7-10-23-21(13-20)12-17(2)32-26(23)35-16-19-6-11-24(34-15-19)27(28,29)30;1-2/h4-5,7-10,12-13,19,24H,3,6,11,14-16H2,1-2H3,(H,31,33);2H,1H3. The zero-order valence-corrected chi connectivity index (χ0v) is 22.5. The van der Waals surface area contributed by atoms with E-state index in [0.29, 0.717) is 24.4 Å². The summed E-state index contributed by atoms with van der Waals surface area (Å²) >= 11 is 1.77. The second-order valence-electron chi connectivity index (χ2n) is 8.88. The molecule has 1 aliphatic rings. The highest BCUT2D eigenvalue weighted by Crippen LogP contribution is 2.32. The maximum absolute atomic E-state index is 12.8. The van der Waals surface area contributed by atoms with Crippen LogP contribution in [-0.2, 0) is 11.3 Å². The Bertz CT molecular complexity index is 1200. The van der Waals surface area contributed by atoms with E-state index in [1.54, 1.807) is 30.0 Å². The van der Waals surface area contributed by atoms with Gasteiger partial charge in [-0.1, -0.05) is 19.1 Å². The fourth-order valence-electron chi connectivity index (χ4n) is 4.15. The number of hydrogen-bond donors (Lipinski definition) is 2. The van der Waals surface area contributed by atoms with Gasteiger partial charge in [-0.2, -0.15) is 13.2 Å². The van der Waals surface area contributed by atoms with E-state index in [-0.39, 0.29) is 31.5 Å². The molecule has 2 N–H and O–H groups in total. The van der Waals surface area contributed by atoms with E-state index in [2.05, 4.69) is 29.4 Å². The third-order valence-electron chi connectivity index (χ3n) is 6.06. The molecule has 0 spiro atoms. The number of benzene rings is 2. The molecule has 2 aromatic carbocycles. The molecule has 4 rings (SSSR count). The van der Waals surface area contributed by atoms with Gasteiger partial charge in [0.15, 0.2) is 6.10 Å². The zero-order valence-electron chi connectivity index (χ0n) is 21.7. The Labute approximate surface area is 224 Å². The largest absolute Gasteiger partial charge is 0.477 e. The van der Waals surface area contributed by atoms with E-state index in [1.165, 1.54) is 4.90 Å². The topological polar surface area (TPSA) is 80.7 Å². The number of aliphatic hydroxyl groups is 1. The van der Waals surface area contributed by atoms with Crippen LogP contribution in [-0.4, -0.2) is 54.4 Å². The number of hydrogen-bond acceptors (Lipinski definition) is 6. The van der Waals surface area contributed by atoms with Gasteiger partial charge in [0.1, 0.15) is 0 Å². The molecule has 38 heavy (non-hydrogen) atoms. The predicted octanol–water partition coefficient (Wildman–Crippen LogP) is 5.93. The minimum Gasteiger partial charge on any atom is -0.477 e. The third-order valence-corrected chi connectivity index (χ3v) is 6.96. The van der Waals surface area contributed by atoms with Gasteiger partial charge in [-0.05, 0) is 72.9 Å². The van der Waals surface area contributed by atoms with Crippen LogP contribution in [0.3, 0.4) is 0 Å². The number of alkyl halides is 3. The molecule has 1 aliphatic heterocycles. The number of carbonyl (C=O) groups excluding carboxylic acids is 1. The highest BCUT2D eigenvalue weighted by Gasteiger charge is 2.43. The van der Waals surface area contributed by atoms with Gasteiger partial charge in [-0.3, -0.25) is 4.79 Å². The zero-order chi connectivity index (χ0) is 27.7. The van der Waals surface area contributed by atoms with Crippen molar-refractivity contribution in [3.63, 3.8) is 0 Å².